The molecule has 3 aromatic rings. The lowest BCUT2D eigenvalue weighted by atomic mass is 9.62. The number of aromatic nitrogens is 2. The first-order chi connectivity index (χ1) is 16.8. The number of carboxylic acids is 1. The molecule has 5 rings (SSSR count). The van der Waals surface area contributed by atoms with E-state index >= 15 is 0 Å². The number of aromatic carboxylic acids is 1. The highest BCUT2D eigenvalue weighted by Crippen LogP contribution is 2.48. The van der Waals surface area contributed by atoms with Gasteiger partial charge in [-0.1, -0.05) is 18.2 Å². The van der Waals surface area contributed by atoms with Gasteiger partial charge in [0.25, 0.3) is 0 Å². The summed E-state index contributed by atoms with van der Waals surface area (Å²) in [5.41, 5.74) is 4.09. The van der Waals surface area contributed by atoms with Crippen molar-refractivity contribution in [2.75, 3.05) is 23.3 Å². The molecule has 3 N–H and O–H groups in total. The van der Waals surface area contributed by atoms with Gasteiger partial charge < -0.3 is 20.4 Å². The number of carbonyl (C=O) groups is 1. The molecule has 8 nitrogen and oxygen atoms in total. The van der Waals surface area contributed by atoms with E-state index in [9.17, 15) is 20.3 Å². The Bertz CT molecular complexity index is 1350. The van der Waals surface area contributed by atoms with Crippen molar-refractivity contribution in [1.29, 1.82) is 5.26 Å². The summed E-state index contributed by atoms with van der Waals surface area (Å²) in [5.74, 6) is -0.436. The highest BCUT2D eigenvalue weighted by atomic mass is 16.4. The smallest absolute Gasteiger partial charge is 0.337 e. The second-order valence-corrected chi connectivity index (χ2v) is 9.89. The molecule has 0 radical (unpaired) electrons. The number of rotatable bonds is 5. The molecule has 0 bridgehead atoms. The third-order valence-corrected chi connectivity index (χ3v) is 7.56. The van der Waals surface area contributed by atoms with Gasteiger partial charge in [-0.3, -0.25) is 0 Å². The number of aliphatic hydroxyl groups excluding tert-OH is 1. The zero-order valence-electron chi connectivity index (χ0n) is 20.0. The summed E-state index contributed by atoms with van der Waals surface area (Å²) in [6, 6.07) is 12.7. The lowest BCUT2D eigenvalue weighted by molar-refractivity contribution is -0.0719. The number of benzene rings is 2. The van der Waals surface area contributed by atoms with E-state index in [-0.39, 0.29) is 28.8 Å². The monoisotopic (exact) mass is 471 g/mol. The van der Waals surface area contributed by atoms with Crippen molar-refractivity contribution in [2.24, 2.45) is 5.41 Å². The van der Waals surface area contributed by atoms with E-state index in [1.165, 1.54) is 0 Å². The summed E-state index contributed by atoms with van der Waals surface area (Å²) in [4.78, 5) is 23.5. The first-order valence-corrected chi connectivity index (χ1v) is 12.1. The molecule has 35 heavy (non-hydrogen) atoms. The fraction of sp³-hybridized carbons (Fsp3) is 0.407. The minimum atomic E-state index is -0.993. The van der Waals surface area contributed by atoms with Crippen molar-refractivity contribution in [3.8, 4) is 6.07 Å². The van der Waals surface area contributed by atoms with Crippen molar-refractivity contribution in [2.45, 2.75) is 51.7 Å². The molecular formula is C27H29N5O3. The lowest BCUT2D eigenvalue weighted by Gasteiger charge is -2.52. The van der Waals surface area contributed by atoms with Gasteiger partial charge in [0.2, 0.25) is 0 Å². The number of para-hydroxylation sites is 1. The zero-order valence-corrected chi connectivity index (χ0v) is 20.0. The molecule has 8 heteroatoms. The van der Waals surface area contributed by atoms with Crippen LogP contribution in [0, 0.1) is 23.7 Å². The Balaban J connectivity index is 1.56. The quantitative estimate of drug-likeness (QED) is 0.500. The van der Waals surface area contributed by atoms with Gasteiger partial charge in [-0.2, -0.15) is 5.26 Å². The van der Waals surface area contributed by atoms with E-state index in [4.69, 9.17) is 4.98 Å². The molecule has 1 saturated carbocycles. The Morgan fingerprint density at radius 2 is 2.09 bits per heavy atom. The first kappa shape index (κ1) is 23.1. The number of carboxylic acid groups (broad SMARTS) is 1. The molecule has 1 aliphatic heterocycles. The summed E-state index contributed by atoms with van der Waals surface area (Å²) >= 11 is 0. The largest absolute Gasteiger partial charge is 0.478 e. The topological polar surface area (TPSA) is 122 Å². The van der Waals surface area contributed by atoms with Crippen molar-refractivity contribution < 1.29 is 15.0 Å². The Hall–Kier alpha value is -3.70. The van der Waals surface area contributed by atoms with Crippen LogP contribution in [-0.2, 0) is 0 Å². The second kappa shape index (κ2) is 8.82. The Kier molecular flexibility index (Phi) is 5.81. The number of nitriles is 1. The fourth-order valence-electron chi connectivity index (χ4n) is 5.55. The molecule has 2 heterocycles. The molecule has 2 aromatic carbocycles. The summed E-state index contributed by atoms with van der Waals surface area (Å²) in [7, 11) is 0. The van der Waals surface area contributed by atoms with Gasteiger partial charge in [-0.05, 0) is 63.3 Å². The summed E-state index contributed by atoms with van der Waals surface area (Å²) in [5, 5.41) is 33.3. The number of piperidine rings is 1. The average Bonchev–Trinajstić information content (AvgIpc) is 2.86. The fourth-order valence-corrected chi connectivity index (χ4v) is 5.55. The van der Waals surface area contributed by atoms with Crippen molar-refractivity contribution in [1.82, 2.24) is 9.97 Å². The molecule has 3 atom stereocenters. The summed E-state index contributed by atoms with van der Waals surface area (Å²) < 4.78 is 0. The van der Waals surface area contributed by atoms with E-state index in [0.29, 0.717) is 29.1 Å². The Morgan fingerprint density at radius 3 is 2.77 bits per heavy atom. The maximum atomic E-state index is 11.7. The standard InChI is InChI=1S/C27H29N5O3/c1-16-12-19(17(2)29-20-7-4-3-6-18(20)26(34)35)24-21(13-16)30-22(14-28)25(31-24)32-11-5-9-27(15-32)10-8-23(27)33/h3-4,6-7,12-13,17,23,29,33H,5,8-11,15H2,1-2H3,(H,34,35)/t17-,23+,27?/m1/s1. The number of nitrogens with one attached hydrogen (secondary N) is 1. The molecule has 1 spiro atoms. The summed E-state index contributed by atoms with van der Waals surface area (Å²) in [6.45, 7) is 5.37. The van der Waals surface area contributed by atoms with Gasteiger partial charge in [0.05, 0.1) is 28.7 Å². The minimum absolute atomic E-state index is 0.118. The van der Waals surface area contributed by atoms with E-state index in [2.05, 4.69) is 21.3 Å². The van der Waals surface area contributed by atoms with Gasteiger partial charge in [0.1, 0.15) is 6.07 Å². The molecule has 1 aromatic heterocycles. The summed E-state index contributed by atoms with van der Waals surface area (Å²) in [6.07, 6.45) is 3.43. The minimum Gasteiger partial charge on any atom is -0.478 e. The van der Waals surface area contributed by atoms with Gasteiger partial charge in [-0.25, -0.2) is 14.8 Å². The van der Waals surface area contributed by atoms with Crippen LogP contribution in [0.25, 0.3) is 11.0 Å². The van der Waals surface area contributed by atoms with Crippen LogP contribution in [0.4, 0.5) is 11.5 Å². The second-order valence-electron chi connectivity index (χ2n) is 9.89. The van der Waals surface area contributed by atoms with Crippen LogP contribution in [0.5, 0.6) is 0 Å². The van der Waals surface area contributed by atoms with Gasteiger partial charge in [-0.15, -0.1) is 0 Å². The Labute approximate surface area is 204 Å². The molecule has 2 fully saturated rings. The number of fused-ring (bicyclic) bond motifs is 1. The lowest BCUT2D eigenvalue weighted by Crippen LogP contribution is -2.55. The number of anilines is 2. The van der Waals surface area contributed by atoms with E-state index in [0.717, 1.165) is 43.4 Å². The maximum absolute atomic E-state index is 11.7. The van der Waals surface area contributed by atoms with E-state index in [1.54, 1.807) is 24.3 Å². The highest BCUT2D eigenvalue weighted by Gasteiger charge is 2.48. The molecule has 1 saturated heterocycles. The van der Waals surface area contributed by atoms with Gasteiger partial charge in [0, 0.05) is 29.8 Å². The number of aryl methyl sites for hydroxylation is 1. The van der Waals surface area contributed by atoms with Crippen LogP contribution in [0.15, 0.2) is 36.4 Å². The van der Waals surface area contributed by atoms with Crippen LogP contribution >= 0.6 is 0 Å². The van der Waals surface area contributed by atoms with Crippen LogP contribution in [0.2, 0.25) is 0 Å². The number of hydrogen-bond acceptors (Lipinski definition) is 7. The van der Waals surface area contributed by atoms with E-state index < -0.39 is 5.97 Å². The first-order valence-electron chi connectivity index (χ1n) is 12.1. The number of nitrogens with zero attached hydrogens (tertiary/aromatic N) is 4. The molecule has 0 amide bonds. The normalized spacial score (nSPS) is 22.5. The SMILES string of the molecule is Cc1cc([C@@H](C)Nc2ccccc2C(=O)O)c2nc(N3CCCC4(CC[C@@H]4O)C3)c(C#N)nc2c1. The molecule has 1 unspecified atom stereocenters. The molecule has 180 valence electrons. The van der Waals surface area contributed by atoms with Crippen LogP contribution < -0.4 is 10.2 Å². The van der Waals surface area contributed by atoms with Crippen molar-refractivity contribution in [3.63, 3.8) is 0 Å². The van der Waals surface area contributed by atoms with Crippen LogP contribution in [0.1, 0.15) is 65.8 Å². The van der Waals surface area contributed by atoms with Crippen LogP contribution in [0.3, 0.4) is 0 Å². The number of hydrogen-bond donors (Lipinski definition) is 3. The third-order valence-electron chi connectivity index (χ3n) is 7.56. The molecule has 1 aliphatic carbocycles. The third kappa shape index (κ3) is 4.06. The van der Waals surface area contributed by atoms with Gasteiger partial charge >= 0.3 is 5.97 Å². The number of aliphatic hydroxyl groups is 1. The van der Waals surface area contributed by atoms with Crippen LogP contribution in [-0.4, -0.2) is 45.3 Å². The molecular weight excluding hydrogens is 442 g/mol. The van der Waals surface area contributed by atoms with E-state index in [1.807, 2.05) is 26.0 Å². The van der Waals surface area contributed by atoms with Crippen molar-refractivity contribution >= 4 is 28.5 Å². The average molecular weight is 472 g/mol. The zero-order chi connectivity index (χ0) is 24.7. The predicted molar refractivity (Wildman–Crippen MR) is 134 cm³/mol. The van der Waals surface area contributed by atoms with Gasteiger partial charge in [0.15, 0.2) is 11.5 Å². The van der Waals surface area contributed by atoms with Crippen molar-refractivity contribution in [3.05, 3.63) is 58.8 Å². The predicted octanol–water partition coefficient (Wildman–Crippen LogP) is 4.42. The Morgan fingerprint density at radius 1 is 1.29 bits per heavy atom. The highest BCUT2D eigenvalue weighted by molar-refractivity contribution is 5.94. The maximum Gasteiger partial charge on any atom is 0.337 e. The molecule has 2 aliphatic rings.